The molecule has 2 fully saturated rings. The van der Waals surface area contributed by atoms with E-state index in [0.29, 0.717) is 11.8 Å². The normalized spacial score (nSPS) is 21.1. The Morgan fingerprint density at radius 3 is 2.61 bits per heavy atom. The molecule has 1 atom stereocenters. The molecule has 4 heterocycles. The van der Waals surface area contributed by atoms with E-state index in [-0.39, 0.29) is 5.41 Å². The van der Waals surface area contributed by atoms with Gasteiger partial charge in [0.25, 0.3) is 0 Å². The van der Waals surface area contributed by atoms with Crippen LogP contribution in [0.4, 0.5) is 5.95 Å². The monoisotopic (exact) mass is 443 g/mol. The van der Waals surface area contributed by atoms with Gasteiger partial charge in [0.1, 0.15) is 0 Å². The molecule has 1 amide bonds. The number of amides is 1. The molecule has 0 aliphatic carbocycles. The Morgan fingerprint density at radius 2 is 1.79 bits per heavy atom. The number of aromatic nitrogens is 3. The zero-order chi connectivity index (χ0) is 22.7. The smallest absolute Gasteiger partial charge is 0.228 e. The van der Waals surface area contributed by atoms with Crippen molar-refractivity contribution in [2.45, 2.75) is 45.4 Å². The maximum Gasteiger partial charge on any atom is 0.228 e. The zero-order valence-corrected chi connectivity index (χ0v) is 19.5. The Morgan fingerprint density at radius 1 is 1.00 bits per heavy atom. The highest BCUT2D eigenvalue weighted by Crippen LogP contribution is 2.35. The van der Waals surface area contributed by atoms with E-state index in [4.69, 9.17) is 0 Å². The number of piperidine rings is 1. The van der Waals surface area contributed by atoms with Crippen molar-refractivity contribution in [3.63, 3.8) is 0 Å². The van der Waals surface area contributed by atoms with Crippen LogP contribution in [0.25, 0.3) is 10.8 Å². The highest BCUT2D eigenvalue weighted by Gasteiger charge is 2.40. The number of benzene rings is 1. The molecule has 5 rings (SSSR count). The lowest BCUT2D eigenvalue weighted by Crippen LogP contribution is -2.49. The highest BCUT2D eigenvalue weighted by atomic mass is 16.2. The Balaban J connectivity index is 1.20. The lowest BCUT2D eigenvalue weighted by Gasteiger charge is -2.41. The Kier molecular flexibility index (Phi) is 6.25. The number of hydrogen-bond acceptors (Lipinski definition) is 5. The molecule has 33 heavy (non-hydrogen) atoms. The van der Waals surface area contributed by atoms with E-state index in [0.717, 1.165) is 64.2 Å². The van der Waals surface area contributed by atoms with Crippen molar-refractivity contribution in [2.24, 2.45) is 11.3 Å². The largest absolute Gasteiger partial charge is 0.342 e. The molecule has 3 aromatic rings. The summed E-state index contributed by atoms with van der Waals surface area (Å²) in [6.45, 7) is 5.56. The second-order valence-corrected chi connectivity index (χ2v) is 9.91. The molecule has 2 aliphatic heterocycles. The number of fused-ring (bicyclic) bond motifs is 1. The first-order chi connectivity index (χ1) is 16.1. The van der Waals surface area contributed by atoms with Gasteiger partial charge in [0.15, 0.2) is 0 Å². The summed E-state index contributed by atoms with van der Waals surface area (Å²) < 4.78 is 0. The summed E-state index contributed by atoms with van der Waals surface area (Å²) >= 11 is 0. The maximum absolute atomic E-state index is 13.6. The molecule has 6 heteroatoms. The van der Waals surface area contributed by atoms with Gasteiger partial charge in [-0.3, -0.25) is 9.78 Å². The van der Waals surface area contributed by atoms with E-state index in [9.17, 15) is 4.79 Å². The SMILES string of the molecule is CC1(C(=O)N2CCCC(Cc3cncc4ccccc34)CC2)CCN(c2ncccn2)CC1. The zero-order valence-electron chi connectivity index (χ0n) is 19.5. The summed E-state index contributed by atoms with van der Waals surface area (Å²) in [7, 11) is 0. The van der Waals surface area contributed by atoms with Crippen LogP contribution in [0, 0.1) is 11.3 Å². The van der Waals surface area contributed by atoms with Crippen LogP contribution >= 0.6 is 0 Å². The van der Waals surface area contributed by atoms with E-state index in [2.05, 4.69) is 55.9 Å². The molecule has 2 aromatic heterocycles. The first-order valence-corrected chi connectivity index (χ1v) is 12.3. The number of hydrogen-bond donors (Lipinski definition) is 0. The molecular formula is C27H33N5O. The van der Waals surface area contributed by atoms with Crippen molar-refractivity contribution in [1.82, 2.24) is 19.9 Å². The van der Waals surface area contributed by atoms with Crippen molar-refractivity contribution in [3.05, 3.63) is 60.7 Å². The van der Waals surface area contributed by atoms with Gasteiger partial charge in [-0.15, -0.1) is 0 Å². The second kappa shape index (κ2) is 9.46. The molecule has 0 spiro atoms. The van der Waals surface area contributed by atoms with Gasteiger partial charge in [-0.1, -0.05) is 31.2 Å². The first kappa shape index (κ1) is 21.8. The average Bonchev–Trinajstić information content (AvgIpc) is 3.10. The third kappa shape index (κ3) is 4.70. The van der Waals surface area contributed by atoms with Gasteiger partial charge in [0, 0.05) is 61.8 Å². The number of nitrogens with zero attached hydrogens (tertiary/aromatic N) is 5. The molecule has 0 radical (unpaired) electrons. The van der Waals surface area contributed by atoms with Crippen LogP contribution in [-0.2, 0) is 11.2 Å². The second-order valence-electron chi connectivity index (χ2n) is 9.91. The average molecular weight is 444 g/mol. The van der Waals surface area contributed by atoms with Crippen molar-refractivity contribution >= 4 is 22.6 Å². The summed E-state index contributed by atoms with van der Waals surface area (Å²) in [4.78, 5) is 31.1. The van der Waals surface area contributed by atoms with Crippen LogP contribution in [0.15, 0.2) is 55.1 Å². The van der Waals surface area contributed by atoms with Crippen LogP contribution in [0.3, 0.4) is 0 Å². The molecule has 6 nitrogen and oxygen atoms in total. The summed E-state index contributed by atoms with van der Waals surface area (Å²) in [6.07, 6.45) is 13.6. The molecule has 1 unspecified atom stereocenters. The number of carbonyl (C=O) groups is 1. The summed E-state index contributed by atoms with van der Waals surface area (Å²) in [5, 5.41) is 2.52. The minimum absolute atomic E-state index is 0.287. The number of pyridine rings is 1. The van der Waals surface area contributed by atoms with Gasteiger partial charge >= 0.3 is 0 Å². The van der Waals surface area contributed by atoms with Crippen LogP contribution < -0.4 is 4.90 Å². The number of anilines is 1. The third-order valence-electron chi connectivity index (χ3n) is 7.61. The van der Waals surface area contributed by atoms with Gasteiger partial charge in [-0.2, -0.15) is 0 Å². The lowest BCUT2D eigenvalue weighted by atomic mass is 9.79. The van der Waals surface area contributed by atoms with E-state index >= 15 is 0 Å². The molecule has 0 bridgehead atoms. The lowest BCUT2D eigenvalue weighted by molar-refractivity contribution is -0.142. The Hall–Kier alpha value is -3.02. The summed E-state index contributed by atoms with van der Waals surface area (Å²) in [5.41, 5.74) is 1.05. The molecular weight excluding hydrogens is 410 g/mol. The van der Waals surface area contributed by atoms with Gasteiger partial charge in [-0.25, -0.2) is 9.97 Å². The molecule has 0 saturated carbocycles. The Bertz CT molecular complexity index is 1090. The fourth-order valence-electron chi connectivity index (χ4n) is 5.48. The van der Waals surface area contributed by atoms with E-state index < -0.39 is 0 Å². The molecule has 2 saturated heterocycles. The topological polar surface area (TPSA) is 62.2 Å². The van der Waals surface area contributed by atoms with Crippen molar-refractivity contribution in [2.75, 3.05) is 31.1 Å². The minimum atomic E-state index is -0.287. The van der Waals surface area contributed by atoms with Crippen LogP contribution in [0.2, 0.25) is 0 Å². The van der Waals surface area contributed by atoms with Crippen LogP contribution in [0.5, 0.6) is 0 Å². The summed E-state index contributed by atoms with van der Waals surface area (Å²) in [6, 6.07) is 10.3. The third-order valence-corrected chi connectivity index (χ3v) is 7.61. The van der Waals surface area contributed by atoms with Gasteiger partial charge in [0.05, 0.1) is 0 Å². The molecule has 1 aromatic carbocycles. The standard InChI is InChI=1S/C27H33N5O/c1-27(10-16-32(17-11-27)26-29-12-5-13-30-26)25(33)31-14-4-6-21(9-15-31)18-23-20-28-19-22-7-2-3-8-24(22)23/h2-3,5,7-8,12-13,19-21H,4,6,9-11,14-18H2,1H3. The van der Waals surface area contributed by atoms with Crippen molar-refractivity contribution < 1.29 is 4.79 Å². The highest BCUT2D eigenvalue weighted by molar-refractivity contribution is 5.84. The predicted octanol–water partition coefficient (Wildman–Crippen LogP) is 4.50. The van der Waals surface area contributed by atoms with E-state index in [1.165, 1.54) is 22.8 Å². The number of rotatable bonds is 4. The fraction of sp³-hybridized carbons (Fsp3) is 0.481. The Labute approximate surface area is 196 Å². The van der Waals surface area contributed by atoms with Gasteiger partial charge in [0.2, 0.25) is 11.9 Å². The van der Waals surface area contributed by atoms with Gasteiger partial charge in [-0.05, 0) is 61.5 Å². The van der Waals surface area contributed by atoms with Crippen molar-refractivity contribution in [1.29, 1.82) is 0 Å². The van der Waals surface area contributed by atoms with E-state index in [1.807, 2.05) is 18.5 Å². The number of likely N-dealkylation sites (tertiary alicyclic amines) is 1. The number of carbonyl (C=O) groups excluding carboxylic acids is 1. The van der Waals surface area contributed by atoms with E-state index in [1.54, 1.807) is 12.4 Å². The quantitative estimate of drug-likeness (QED) is 0.594. The van der Waals surface area contributed by atoms with Crippen molar-refractivity contribution in [3.8, 4) is 0 Å². The maximum atomic E-state index is 13.6. The van der Waals surface area contributed by atoms with Crippen LogP contribution in [0.1, 0.15) is 44.6 Å². The molecule has 172 valence electrons. The summed E-state index contributed by atoms with van der Waals surface area (Å²) in [5.74, 6) is 1.71. The van der Waals surface area contributed by atoms with Gasteiger partial charge < -0.3 is 9.80 Å². The van der Waals surface area contributed by atoms with Crippen LogP contribution in [-0.4, -0.2) is 51.9 Å². The first-order valence-electron chi connectivity index (χ1n) is 12.3. The fourth-order valence-corrected chi connectivity index (χ4v) is 5.48. The minimum Gasteiger partial charge on any atom is -0.342 e. The predicted molar refractivity (Wildman–Crippen MR) is 131 cm³/mol. The molecule has 2 aliphatic rings. The molecule has 0 N–H and O–H groups in total.